The molecule has 3 aromatic carbocycles. The maximum Gasteiger partial charge on any atom is 0.258 e. The van der Waals surface area contributed by atoms with Crippen molar-refractivity contribution in [3.05, 3.63) is 89.2 Å². The molecule has 33 heavy (non-hydrogen) atoms. The Bertz CT molecular complexity index is 1220. The Morgan fingerprint density at radius 2 is 1.82 bits per heavy atom. The number of hydrogen-bond acceptors (Lipinski definition) is 5. The van der Waals surface area contributed by atoms with Crippen LogP contribution >= 0.6 is 0 Å². The summed E-state index contributed by atoms with van der Waals surface area (Å²) < 4.78 is 24.3. The molecular formula is C26H23FN2O4. The van der Waals surface area contributed by atoms with E-state index in [1.54, 1.807) is 4.90 Å². The zero-order valence-electron chi connectivity index (χ0n) is 17.9. The molecule has 0 unspecified atom stereocenters. The third kappa shape index (κ3) is 3.27. The van der Waals surface area contributed by atoms with Crippen molar-refractivity contribution in [3.63, 3.8) is 0 Å². The van der Waals surface area contributed by atoms with Gasteiger partial charge in [0, 0.05) is 42.3 Å². The maximum absolute atomic E-state index is 13.4. The molecule has 0 bridgehead atoms. The van der Waals surface area contributed by atoms with E-state index < -0.39 is 0 Å². The van der Waals surface area contributed by atoms with Crippen LogP contribution in [0.15, 0.2) is 66.7 Å². The average molecular weight is 446 g/mol. The number of likely N-dealkylation sites (tertiary alicyclic amines) is 1. The Morgan fingerprint density at radius 3 is 2.64 bits per heavy atom. The predicted octanol–water partition coefficient (Wildman–Crippen LogP) is 3.54. The fourth-order valence-corrected chi connectivity index (χ4v) is 5.39. The van der Waals surface area contributed by atoms with Gasteiger partial charge in [0.05, 0.1) is 6.61 Å². The first kappa shape index (κ1) is 20.2. The van der Waals surface area contributed by atoms with Crippen LogP contribution in [0.4, 0.5) is 10.1 Å². The van der Waals surface area contributed by atoms with Gasteiger partial charge in [-0.2, -0.15) is 0 Å². The van der Waals surface area contributed by atoms with Crippen LogP contribution in [-0.4, -0.2) is 47.9 Å². The van der Waals surface area contributed by atoms with Crippen molar-refractivity contribution in [1.29, 1.82) is 0 Å². The van der Waals surface area contributed by atoms with Crippen molar-refractivity contribution >= 4 is 11.6 Å². The second-order valence-corrected chi connectivity index (χ2v) is 8.68. The van der Waals surface area contributed by atoms with Crippen molar-refractivity contribution < 1.29 is 23.8 Å². The van der Waals surface area contributed by atoms with E-state index in [1.165, 1.54) is 24.3 Å². The minimum absolute atomic E-state index is 0.0337. The SMILES string of the molecule is O=C(c1ccc(F)cc1)N1C[C@H]2[C@@H](c3ccccc31)[C@H](CO)N2Cc1ccc2c(c1)OCO2. The molecule has 6 nitrogen and oxygen atoms in total. The molecule has 168 valence electrons. The van der Waals surface area contributed by atoms with Gasteiger partial charge in [-0.3, -0.25) is 9.69 Å². The van der Waals surface area contributed by atoms with Crippen molar-refractivity contribution in [2.24, 2.45) is 0 Å². The highest BCUT2D eigenvalue weighted by molar-refractivity contribution is 6.07. The first-order valence-corrected chi connectivity index (χ1v) is 11.1. The van der Waals surface area contributed by atoms with E-state index in [1.807, 2.05) is 42.5 Å². The Hall–Kier alpha value is -3.42. The van der Waals surface area contributed by atoms with Crippen molar-refractivity contribution in [2.45, 2.75) is 24.5 Å². The number of halogens is 1. The molecule has 1 amide bonds. The quantitative estimate of drug-likeness (QED) is 0.664. The van der Waals surface area contributed by atoms with Gasteiger partial charge in [-0.1, -0.05) is 24.3 Å². The molecule has 7 heteroatoms. The second kappa shape index (κ2) is 7.86. The molecular weight excluding hydrogens is 423 g/mol. The lowest BCUT2D eigenvalue weighted by Crippen LogP contribution is -2.68. The molecule has 6 rings (SSSR count). The first-order chi connectivity index (χ1) is 16.1. The van der Waals surface area contributed by atoms with Crippen LogP contribution in [0, 0.1) is 5.82 Å². The zero-order valence-corrected chi connectivity index (χ0v) is 17.9. The first-order valence-electron chi connectivity index (χ1n) is 11.1. The normalized spacial score (nSPS) is 23.0. The lowest BCUT2D eigenvalue weighted by atomic mass is 9.71. The Labute approximate surface area is 190 Å². The molecule has 3 aliphatic rings. The van der Waals surface area contributed by atoms with Gasteiger partial charge in [0.25, 0.3) is 5.91 Å². The molecule has 0 saturated carbocycles. The lowest BCUT2D eigenvalue weighted by molar-refractivity contribution is -0.0488. The summed E-state index contributed by atoms with van der Waals surface area (Å²) in [5.41, 5.74) is 3.43. The monoisotopic (exact) mass is 446 g/mol. The van der Waals surface area contributed by atoms with E-state index >= 15 is 0 Å². The summed E-state index contributed by atoms with van der Waals surface area (Å²) in [6, 6.07) is 19.4. The number of aliphatic hydroxyl groups is 1. The van der Waals surface area contributed by atoms with Crippen molar-refractivity contribution in [2.75, 3.05) is 24.8 Å². The molecule has 3 heterocycles. The minimum atomic E-state index is -0.370. The van der Waals surface area contributed by atoms with E-state index in [2.05, 4.69) is 4.90 Å². The number of para-hydroxylation sites is 1. The number of ether oxygens (including phenoxy) is 2. The number of anilines is 1. The highest BCUT2D eigenvalue weighted by atomic mass is 19.1. The molecule has 3 aromatic rings. The molecule has 1 N–H and O–H groups in total. The summed E-state index contributed by atoms with van der Waals surface area (Å²) >= 11 is 0. The third-order valence-corrected chi connectivity index (χ3v) is 6.96. The number of aliphatic hydroxyl groups excluding tert-OH is 1. The largest absolute Gasteiger partial charge is 0.454 e. The highest BCUT2D eigenvalue weighted by Crippen LogP contribution is 2.49. The van der Waals surface area contributed by atoms with Gasteiger partial charge in [0.15, 0.2) is 11.5 Å². The molecule has 0 aromatic heterocycles. The van der Waals surface area contributed by atoms with Crippen LogP contribution in [0.1, 0.15) is 27.4 Å². The molecule has 3 atom stereocenters. The van der Waals surface area contributed by atoms with Crippen molar-refractivity contribution in [3.8, 4) is 11.5 Å². The molecule has 0 spiro atoms. The number of nitrogens with zero attached hydrogens (tertiary/aromatic N) is 2. The van der Waals surface area contributed by atoms with E-state index in [9.17, 15) is 14.3 Å². The van der Waals surface area contributed by atoms with Crippen LogP contribution < -0.4 is 14.4 Å². The van der Waals surface area contributed by atoms with Crippen LogP contribution in [0.2, 0.25) is 0 Å². The van der Waals surface area contributed by atoms with Gasteiger partial charge >= 0.3 is 0 Å². The number of carbonyl (C=O) groups is 1. The van der Waals surface area contributed by atoms with Crippen LogP contribution in [0.5, 0.6) is 11.5 Å². The summed E-state index contributed by atoms with van der Waals surface area (Å²) in [4.78, 5) is 17.4. The van der Waals surface area contributed by atoms with Gasteiger partial charge in [0.1, 0.15) is 5.82 Å². The van der Waals surface area contributed by atoms with Gasteiger partial charge in [-0.25, -0.2) is 4.39 Å². The highest BCUT2D eigenvalue weighted by Gasteiger charge is 2.53. The average Bonchev–Trinajstić information content (AvgIpc) is 3.30. The number of hydrogen-bond donors (Lipinski definition) is 1. The molecule has 3 aliphatic heterocycles. The number of rotatable bonds is 4. The fraction of sp³-hybridized carbons (Fsp3) is 0.269. The molecule has 1 saturated heterocycles. The minimum Gasteiger partial charge on any atom is -0.454 e. The Kier molecular flexibility index (Phi) is 4.81. The zero-order chi connectivity index (χ0) is 22.5. The van der Waals surface area contributed by atoms with Gasteiger partial charge in [-0.05, 0) is 53.6 Å². The third-order valence-electron chi connectivity index (χ3n) is 6.96. The predicted molar refractivity (Wildman–Crippen MR) is 120 cm³/mol. The van der Waals surface area contributed by atoms with Gasteiger partial charge < -0.3 is 19.5 Å². The standard InChI is InChI=1S/C26H23FN2O4/c27-18-8-6-17(7-9-18)26(31)29-13-21-25(19-3-1-2-4-20(19)29)22(14-30)28(21)12-16-5-10-23-24(11-16)33-15-32-23/h1-11,21-22,25,30H,12-15H2/t21-,22-,25+/m0/s1. The van der Waals surface area contributed by atoms with E-state index in [4.69, 9.17) is 9.47 Å². The van der Waals surface area contributed by atoms with Crippen molar-refractivity contribution in [1.82, 2.24) is 4.90 Å². The fourth-order valence-electron chi connectivity index (χ4n) is 5.39. The van der Waals surface area contributed by atoms with E-state index in [0.29, 0.717) is 18.7 Å². The van der Waals surface area contributed by atoms with Gasteiger partial charge in [-0.15, -0.1) is 0 Å². The molecule has 1 fully saturated rings. The van der Waals surface area contributed by atoms with Crippen LogP contribution in [-0.2, 0) is 6.54 Å². The lowest BCUT2D eigenvalue weighted by Gasteiger charge is -2.59. The summed E-state index contributed by atoms with van der Waals surface area (Å²) in [7, 11) is 0. The number of benzene rings is 3. The van der Waals surface area contributed by atoms with Crippen LogP contribution in [0.3, 0.4) is 0 Å². The molecule has 0 aliphatic carbocycles. The van der Waals surface area contributed by atoms with Gasteiger partial charge in [0.2, 0.25) is 6.79 Å². The summed E-state index contributed by atoms with van der Waals surface area (Å²) in [6.45, 7) is 1.39. The number of amides is 1. The number of fused-ring (bicyclic) bond motifs is 4. The summed E-state index contributed by atoms with van der Waals surface area (Å²) in [5, 5.41) is 10.2. The second-order valence-electron chi connectivity index (χ2n) is 8.68. The van der Waals surface area contributed by atoms with E-state index in [-0.39, 0.29) is 43.1 Å². The topological polar surface area (TPSA) is 62.2 Å². The summed E-state index contributed by atoms with van der Waals surface area (Å²) in [6.07, 6.45) is 0. The maximum atomic E-state index is 13.4. The summed E-state index contributed by atoms with van der Waals surface area (Å²) in [5.74, 6) is 1.08. The smallest absolute Gasteiger partial charge is 0.258 e. The number of carbonyl (C=O) groups excluding carboxylic acids is 1. The van der Waals surface area contributed by atoms with Crippen LogP contribution in [0.25, 0.3) is 0 Å². The molecule has 0 radical (unpaired) electrons. The Morgan fingerprint density at radius 1 is 1.03 bits per heavy atom. The van der Waals surface area contributed by atoms with E-state index in [0.717, 1.165) is 28.3 Å². The Balaban J connectivity index is 1.32.